The van der Waals surface area contributed by atoms with Gasteiger partial charge in [-0.05, 0) is 46.3 Å². The van der Waals surface area contributed by atoms with E-state index in [9.17, 15) is 0 Å². The number of likely N-dealkylation sites (N-methyl/N-ethyl adjacent to an activating group) is 2. The van der Waals surface area contributed by atoms with E-state index in [0.29, 0.717) is 6.04 Å². The van der Waals surface area contributed by atoms with E-state index in [1.54, 1.807) is 0 Å². The van der Waals surface area contributed by atoms with Gasteiger partial charge in [0, 0.05) is 23.8 Å². The fraction of sp³-hybridized carbons (Fsp3) is 0.824. The second-order valence-electron chi connectivity index (χ2n) is 6.96. The first-order valence-corrected chi connectivity index (χ1v) is 8.40. The normalized spacial score (nSPS) is 28.0. The predicted octanol–water partition coefficient (Wildman–Crippen LogP) is 3.06. The van der Waals surface area contributed by atoms with Crippen molar-refractivity contribution in [3.63, 3.8) is 0 Å². The molecule has 3 atom stereocenters. The molecule has 1 fully saturated rings. The summed E-state index contributed by atoms with van der Waals surface area (Å²) in [6, 6.07) is 0.348. The second-order valence-corrected chi connectivity index (χ2v) is 6.96. The minimum atomic E-state index is 0.201. The Morgan fingerprint density at radius 2 is 2.29 bits per heavy atom. The Morgan fingerprint density at radius 1 is 1.52 bits per heavy atom. The first-order valence-electron chi connectivity index (χ1n) is 8.40. The maximum atomic E-state index is 4.54. The third-order valence-electron chi connectivity index (χ3n) is 5.16. The van der Waals surface area contributed by atoms with Crippen molar-refractivity contribution in [2.24, 2.45) is 5.92 Å². The molecule has 3 unspecified atom stereocenters. The molecular formula is C17H32N4. The Hall–Kier alpha value is -0.870. The summed E-state index contributed by atoms with van der Waals surface area (Å²) < 4.78 is 2.08. The van der Waals surface area contributed by atoms with Gasteiger partial charge >= 0.3 is 0 Å². The standard InChI is InChI=1S/C17H32N4/c1-6-10-21-13-15(12-19-21)16(18-3)17(20(4)5)9-7-8-14(2)11-17/h12-14,16,18H,6-11H2,1-5H3. The van der Waals surface area contributed by atoms with Crippen molar-refractivity contribution in [2.45, 2.75) is 64.1 Å². The molecule has 1 aromatic heterocycles. The molecule has 2 rings (SSSR count). The molecule has 1 N–H and O–H groups in total. The lowest BCUT2D eigenvalue weighted by Crippen LogP contribution is -2.55. The van der Waals surface area contributed by atoms with Crippen molar-refractivity contribution < 1.29 is 0 Å². The molecule has 1 aromatic rings. The van der Waals surface area contributed by atoms with Crippen LogP contribution >= 0.6 is 0 Å². The Labute approximate surface area is 129 Å². The lowest BCUT2D eigenvalue weighted by Gasteiger charge is -2.50. The average Bonchev–Trinajstić information content (AvgIpc) is 2.88. The van der Waals surface area contributed by atoms with Crippen LogP contribution in [0.5, 0.6) is 0 Å². The zero-order chi connectivity index (χ0) is 15.5. The van der Waals surface area contributed by atoms with Gasteiger partial charge in [0.15, 0.2) is 0 Å². The first kappa shape index (κ1) is 16.5. The highest BCUT2D eigenvalue weighted by Crippen LogP contribution is 2.43. The van der Waals surface area contributed by atoms with Gasteiger partial charge in [0.05, 0.1) is 12.2 Å². The van der Waals surface area contributed by atoms with Crippen molar-refractivity contribution in [2.75, 3.05) is 21.1 Å². The molecule has 0 aromatic carbocycles. The van der Waals surface area contributed by atoms with Gasteiger partial charge in [-0.3, -0.25) is 4.68 Å². The van der Waals surface area contributed by atoms with Crippen LogP contribution in [0.25, 0.3) is 0 Å². The fourth-order valence-corrected chi connectivity index (χ4v) is 4.12. The van der Waals surface area contributed by atoms with Crippen LogP contribution in [0.4, 0.5) is 0 Å². The van der Waals surface area contributed by atoms with E-state index in [1.807, 2.05) is 0 Å². The molecule has 120 valence electrons. The van der Waals surface area contributed by atoms with Gasteiger partial charge in [-0.25, -0.2) is 0 Å². The van der Waals surface area contributed by atoms with Crippen molar-refractivity contribution in [3.8, 4) is 0 Å². The fourth-order valence-electron chi connectivity index (χ4n) is 4.12. The minimum Gasteiger partial charge on any atom is -0.311 e. The van der Waals surface area contributed by atoms with Crippen LogP contribution in [0.3, 0.4) is 0 Å². The Bertz CT molecular complexity index is 440. The van der Waals surface area contributed by atoms with Crippen LogP contribution < -0.4 is 5.32 Å². The molecular weight excluding hydrogens is 260 g/mol. The van der Waals surface area contributed by atoms with E-state index in [-0.39, 0.29) is 5.54 Å². The average molecular weight is 292 g/mol. The van der Waals surface area contributed by atoms with Gasteiger partial charge in [-0.15, -0.1) is 0 Å². The summed E-state index contributed by atoms with van der Waals surface area (Å²) in [4.78, 5) is 2.45. The molecule has 0 saturated heterocycles. The van der Waals surface area contributed by atoms with E-state index >= 15 is 0 Å². The number of aryl methyl sites for hydroxylation is 1. The van der Waals surface area contributed by atoms with Crippen LogP contribution in [-0.4, -0.2) is 41.4 Å². The highest BCUT2D eigenvalue weighted by atomic mass is 15.3. The molecule has 21 heavy (non-hydrogen) atoms. The summed E-state index contributed by atoms with van der Waals surface area (Å²) in [5.41, 5.74) is 1.53. The maximum Gasteiger partial charge on any atom is 0.0538 e. The van der Waals surface area contributed by atoms with Gasteiger partial charge in [-0.2, -0.15) is 5.10 Å². The van der Waals surface area contributed by atoms with Gasteiger partial charge < -0.3 is 10.2 Å². The lowest BCUT2D eigenvalue weighted by atomic mass is 9.70. The molecule has 1 heterocycles. The van der Waals surface area contributed by atoms with Gasteiger partial charge in [0.25, 0.3) is 0 Å². The van der Waals surface area contributed by atoms with Crippen LogP contribution in [0.15, 0.2) is 12.4 Å². The highest BCUT2D eigenvalue weighted by Gasteiger charge is 2.44. The smallest absolute Gasteiger partial charge is 0.0538 e. The highest BCUT2D eigenvalue weighted by molar-refractivity contribution is 5.19. The Morgan fingerprint density at radius 3 is 2.86 bits per heavy atom. The third kappa shape index (κ3) is 3.32. The van der Waals surface area contributed by atoms with E-state index in [4.69, 9.17) is 0 Å². The summed E-state index contributed by atoms with van der Waals surface area (Å²) in [5.74, 6) is 0.794. The summed E-state index contributed by atoms with van der Waals surface area (Å²) in [6.45, 7) is 5.59. The van der Waals surface area contributed by atoms with Crippen LogP contribution in [-0.2, 0) is 6.54 Å². The molecule has 0 bridgehead atoms. The van der Waals surface area contributed by atoms with E-state index in [1.165, 1.54) is 31.2 Å². The molecule has 1 aliphatic rings. The second kappa shape index (κ2) is 6.93. The summed E-state index contributed by atoms with van der Waals surface area (Å²) in [7, 11) is 6.56. The lowest BCUT2D eigenvalue weighted by molar-refractivity contribution is 0.0392. The topological polar surface area (TPSA) is 33.1 Å². The van der Waals surface area contributed by atoms with E-state index in [2.05, 4.69) is 67.4 Å². The molecule has 1 aliphatic carbocycles. The molecule has 4 nitrogen and oxygen atoms in total. The summed E-state index contributed by atoms with van der Waals surface area (Å²) >= 11 is 0. The molecule has 0 radical (unpaired) electrons. The van der Waals surface area contributed by atoms with Crippen LogP contribution in [0.1, 0.15) is 57.6 Å². The monoisotopic (exact) mass is 292 g/mol. The predicted molar refractivity (Wildman–Crippen MR) is 88.4 cm³/mol. The van der Waals surface area contributed by atoms with Gasteiger partial charge in [0.1, 0.15) is 0 Å². The number of rotatable bonds is 6. The number of hydrogen-bond donors (Lipinski definition) is 1. The SMILES string of the molecule is CCCn1cc(C(NC)C2(N(C)C)CCCC(C)C2)cn1. The Balaban J connectivity index is 2.30. The number of nitrogens with zero attached hydrogens (tertiary/aromatic N) is 3. The van der Waals surface area contributed by atoms with Crippen molar-refractivity contribution in [3.05, 3.63) is 18.0 Å². The van der Waals surface area contributed by atoms with Crippen molar-refractivity contribution in [1.82, 2.24) is 20.0 Å². The quantitative estimate of drug-likeness (QED) is 0.875. The molecule has 4 heteroatoms. The summed E-state index contributed by atoms with van der Waals surface area (Å²) in [5, 5.41) is 8.13. The zero-order valence-electron chi connectivity index (χ0n) is 14.4. The van der Waals surface area contributed by atoms with Crippen molar-refractivity contribution in [1.29, 1.82) is 0 Å². The molecule has 1 saturated carbocycles. The number of nitrogens with one attached hydrogen (secondary N) is 1. The number of hydrogen-bond acceptors (Lipinski definition) is 3. The number of aromatic nitrogens is 2. The Kier molecular flexibility index (Phi) is 5.44. The molecule has 0 amide bonds. The minimum absolute atomic E-state index is 0.201. The first-order chi connectivity index (χ1) is 10.0. The maximum absolute atomic E-state index is 4.54. The largest absolute Gasteiger partial charge is 0.311 e. The van der Waals surface area contributed by atoms with Gasteiger partial charge in [0.2, 0.25) is 0 Å². The summed E-state index contributed by atoms with van der Waals surface area (Å²) in [6.07, 6.45) is 10.6. The zero-order valence-corrected chi connectivity index (χ0v) is 14.4. The van der Waals surface area contributed by atoms with Crippen molar-refractivity contribution >= 4 is 0 Å². The van der Waals surface area contributed by atoms with E-state index < -0.39 is 0 Å². The molecule has 0 spiro atoms. The third-order valence-corrected chi connectivity index (χ3v) is 5.16. The van der Waals surface area contributed by atoms with Crippen LogP contribution in [0.2, 0.25) is 0 Å². The van der Waals surface area contributed by atoms with Gasteiger partial charge in [-0.1, -0.05) is 26.7 Å². The van der Waals surface area contributed by atoms with Crippen LogP contribution in [0, 0.1) is 5.92 Å². The van der Waals surface area contributed by atoms with E-state index in [0.717, 1.165) is 18.9 Å². The molecule has 0 aliphatic heterocycles.